The number of rotatable bonds is 7. The molecule has 30 heavy (non-hydrogen) atoms. The van der Waals surface area contributed by atoms with E-state index in [2.05, 4.69) is 33.7 Å². The molecule has 2 amide bonds. The van der Waals surface area contributed by atoms with Gasteiger partial charge in [0.05, 0.1) is 18.7 Å². The van der Waals surface area contributed by atoms with Crippen LogP contribution in [0.15, 0.2) is 24.3 Å². The summed E-state index contributed by atoms with van der Waals surface area (Å²) >= 11 is 1.57. The number of carbonyl (C=O) groups excluding carboxylic acids is 2. The minimum atomic E-state index is -0.117. The molecule has 1 aliphatic heterocycles. The maximum atomic E-state index is 12.9. The number of thiophene rings is 1. The first-order valence-electron chi connectivity index (χ1n) is 10.7. The first-order valence-corrected chi connectivity index (χ1v) is 11.5. The number of ether oxygens (including phenoxy) is 1. The summed E-state index contributed by atoms with van der Waals surface area (Å²) in [5, 5.41) is 6.67. The zero-order valence-corrected chi connectivity index (χ0v) is 18.3. The third kappa shape index (κ3) is 4.74. The third-order valence-corrected chi connectivity index (χ3v) is 7.03. The standard InChI is InChI=1S/C23H29N3O3S/c1-29-13-11-24-22(28)21-18-8-4-5-9-19(18)30-23(21)25-20(27)15-26-12-10-16-6-2-3-7-17(16)14-26/h2-3,6-7H,4-5,8-15H2,1H3,(H,24,28)(H,25,27). The highest BCUT2D eigenvalue weighted by atomic mass is 32.1. The molecule has 0 radical (unpaired) electrons. The molecule has 0 unspecified atom stereocenters. The van der Waals surface area contributed by atoms with E-state index in [0.717, 1.165) is 50.8 Å². The second-order valence-corrected chi connectivity index (χ2v) is 9.05. The van der Waals surface area contributed by atoms with Crippen molar-refractivity contribution in [3.63, 3.8) is 0 Å². The fourth-order valence-electron chi connectivity index (χ4n) is 4.31. The highest BCUT2D eigenvalue weighted by molar-refractivity contribution is 7.17. The molecule has 2 N–H and O–H groups in total. The van der Waals surface area contributed by atoms with Crippen molar-refractivity contribution in [3.8, 4) is 0 Å². The molecule has 0 spiro atoms. The van der Waals surface area contributed by atoms with Gasteiger partial charge >= 0.3 is 0 Å². The third-order valence-electron chi connectivity index (χ3n) is 5.82. The quantitative estimate of drug-likeness (QED) is 0.667. The second kappa shape index (κ2) is 9.73. The highest BCUT2D eigenvalue weighted by Gasteiger charge is 2.27. The molecule has 1 aromatic heterocycles. The van der Waals surface area contributed by atoms with Crippen molar-refractivity contribution >= 4 is 28.2 Å². The summed E-state index contributed by atoms with van der Waals surface area (Å²) in [5.41, 5.74) is 4.43. The van der Waals surface area contributed by atoms with Gasteiger partial charge in [-0.05, 0) is 48.8 Å². The van der Waals surface area contributed by atoms with Crippen LogP contribution in [-0.2, 0) is 35.3 Å². The summed E-state index contributed by atoms with van der Waals surface area (Å²) in [5.74, 6) is -0.174. The van der Waals surface area contributed by atoms with E-state index in [1.807, 2.05) is 6.07 Å². The van der Waals surface area contributed by atoms with Crippen LogP contribution in [0.5, 0.6) is 0 Å². The molecule has 1 aliphatic carbocycles. The van der Waals surface area contributed by atoms with Crippen molar-refractivity contribution in [2.24, 2.45) is 0 Å². The van der Waals surface area contributed by atoms with Crippen LogP contribution in [0.2, 0.25) is 0 Å². The molecule has 160 valence electrons. The molecular weight excluding hydrogens is 398 g/mol. The Balaban J connectivity index is 1.45. The smallest absolute Gasteiger partial charge is 0.254 e. The number of fused-ring (bicyclic) bond motifs is 2. The van der Waals surface area contributed by atoms with Gasteiger partial charge in [0.1, 0.15) is 5.00 Å². The predicted molar refractivity (Wildman–Crippen MR) is 119 cm³/mol. The van der Waals surface area contributed by atoms with E-state index >= 15 is 0 Å². The fourth-order valence-corrected chi connectivity index (χ4v) is 5.61. The number of methoxy groups -OCH3 is 1. The predicted octanol–water partition coefficient (Wildman–Crippen LogP) is 3.00. The molecule has 2 heterocycles. The number of aryl methyl sites for hydroxylation is 1. The number of nitrogens with one attached hydrogen (secondary N) is 2. The summed E-state index contributed by atoms with van der Waals surface area (Å²) in [6, 6.07) is 8.42. The molecule has 2 aliphatic rings. The normalized spacial score (nSPS) is 15.9. The lowest BCUT2D eigenvalue weighted by molar-refractivity contribution is -0.117. The van der Waals surface area contributed by atoms with E-state index in [-0.39, 0.29) is 11.8 Å². The maximum Gasteiger partial charge on any atom is 0.254 e. The van der Waals surface area contributed by atoms with Gasteiger partial charge in [-0.25, -0.2) is 0 Å². The van der Waals surface area contributed by atoms with Gasteiger partial charge in [-0.3, -0.25) is 14.5 Å². The molecule has 1 aromatic carbocycles. The average Bonchev–Trinajstić information content (AvgIpc) is 3.11. The van der Waals surface area contributed by atoms with Crippen LogP contribution in [0.1, 0.15) is 44.8 Å². The van der Waals surface area contributed by atoms with Crippen molar-refractivity contribution in [1.82, 2.24) is 10.2 Å². The van der Waals surface area contributed by atoms with Crippen LogP contribution in [0.25, 0.3) is 0 Å². The number of hydrogen-bond acceptors (Lipinski definition) is 5. The Morgan fingerprint density at radius 2 is 1.93 bits per heavy atom. The Morgan fingerprint density at radius 1 is 1.13 bits per heavy atom. The molecule has 0 saturated carbocycles. The summed E-state index contributed by atoms with van der Waals surface area (Å²) in [4.78, 5) is 29.1. The molecule has 2 aromatic rings. The van der Waals surface area contributed by atoms with E-state index in [9.17, 15) is 9.59 Å². The van der Waals surface area contributed by atoms with Crippen LogP contribution in [0.3, 0.4) is 0 Å². The minimum Gasteiger partial charge on any atom is -0.383 e. The number of hydrogen-bond donors (Lipinski definition) is 2. The Kier molecular flexibility index (Phi) is 6.82. The molecular formula is C23H29N3O3S. The zero-order chi connectivity index (χ0) is 20.9. The summed E-state index contributed by atoms with van der Waals surface area (Å²) in [6.07, 6.45) is 5.07. The van der Waals surface area contributed by atoms with Crippen molar-refractivity contribution < 1.29 is 14.3 Å². The van der Waals surface area contributed by atoms with Crippen LogP contribution < -0.4 is 10.6 Å². The number of carbonyl (C=O) groups is 2. The second-order valence-electron chi connectivity index (χ2n) is 7.94. The van der Waals surface area contributed by atoms with Gasteiger partial charge in [0.25, 0.3) is 5.91 Å². The maximum absolute atomic E-state index is 12.9. The van der Waals surface area contributed by atoms with E-state index in [4.69, 9.17) is 4.74 Å². The van der Waals surface area contributed by atoms with E-state index in [0.29, 0.717) is 30.3 Å². The van der Waals surface area contributed by atoms with Gasteiger partial charge in [0.15, 0.2) is 0 Å². The average molecular weight is 428 g/mol. The molecule has 4 rings (SSSR count). The van der Waals surface area contributed by atoms with Gasteiger partial charge in [-0.15, -0.1) is 11.3 Å². The number of anilines is 1. The number of benzene rings is 1. The molecule has 0 fully saturated rings. The van der Waals surface area contributed by atoms with Gasteiger partial charge in [-0.2, -0.15) is 0 Å². The van der Waals surface area contributed by atoms with Crippen molar-refractivity contribution in [2.75, 3.05) is 38.7 Å². The van der Waals surface area contributed by atoms with Crippen LogP contribution in [-0.4, -0.2) is 50.1 Å². The molecule has 0 bridgehead atoms. The topological polar surface area (TPSA) is 70.7 Å². The summed E-state index contributed by atoms with van der Waals surface area (Å²) in [7, 11) is 1.61. The first-order chi connectivity index (χ1) is 14.7. The molecule has 0 saturated heterocycles. The number of nitrogens with zero attached hydrogens (tertiary/aromatic N) is 1. The number of amides is 2. The van der Waals surface area contributed by atoms with Crippen LogP contribution >= 0.6 is 11.3 Å². The zero-order valence-electron chi connectivity index (χ0n) is 17.5. The lowest BCUT2D eigenvalue weighted by atomic mass is 9.95. The van der Waals surface area contributed by atoms with E-state index in [1.165, 1.54) is 16.0 Å². The minimum absolute atomic E-state index is 0.0566. The Hall–Kier alpha value is -2.22. The fraction of sp³-hybridized carbons (Fsp3) is 0.478. The highest BCUT2D eigenvalue weighted by Crippen LogP contribution is 2.38. The Bertz CT molecular complexity index is 924. The summed E-state index contributed by atoms with van der Waals surface area (Å²) < 4.78 is 5.04. The van der Waals surface area contributed by atoms with E-state index in [1.54, 1.807) is 18.4 Å². The van der Waals surface area contributed by atoms with Crippen molar-refractivity contribution in [1.29, 1.82) is 0 Å². The Labute approximate surface area is 181 Å². The largest absolute Gasteiger partial charge is 0.383 e. The SMILES string of the molecule is COCCNC(=O)c1c(NC(=O)CN2CCc3ccccc3C2)sc2c1CCCC2. The van der Waals surface area contributed by atoms with Crippen molar-refractivity contribution in [2.45, 2.75) is 38.6 Å². The summed E-state index contributed by atoms with van der Waals surface area (Å²) in [6.45, 7) is 2.92. The van der Waals surface area contributed by atoms with Crippen LogP contribution in [0.4, 0.5) is 5.00 Å². The van der Waals surface area contributed by atoms with Gasteiger partial charge in [0, 0.05) is 31.6 Å². The van der Waals surface area contributed by atoms with Gasteiger partial charge < -0.3 is 15.4 Å². The Morgan fingerprint density at radius 3 is 2.77 bits per heavy atom. The monoisotopic (exact) mass is 427 g/mol. The molecule has 6 nitrogen and oxygen atoms in total. The van der Waals surface area contributed by atoms with Crippen LogP contribution in [0, 0.1) is 0 Å². The van der Waals surface area contributed by atoms with Gasteiger partial charge in [-0.1, -0.05) is 24.3 Å². The lowest BCUT2D eigenvalue weighted by Crippen LogP contribution is -2.37. The molecule has 0 atom stereocenters. The lowest BCUT2D eigenvalue weighted by Gasteiger charge is -2.28. The van der Waals surface area contributed by atoms with Crippen molar-refractivity contribution in [3.05, 3.63) is 51.4 Å². The molecule has 7 heteroatoms. The van der Waals surface area contributed by atoms with E-state index < -0.39 is 0 Å². The van der Waals surface area contributed by atoms with Gasteiger partial charge in [0.2, 0.25) is 5.91 Å². The first kappa shape index (κ1) is 21.0.